The minimum Gasteiger partial charge on any atom is -0.462 e. The van der Waals surface area contributed by atoms with Crippen LogP contribution in [0.4, 0.5) is 0 Å². The number of nitrogens with zero attached hydrogens (tertiary/aromatic N) is 1. The molecule has 0 aliphatic carbocycles. The number of phosphoric acid groups is 1. The maximum absolute atomic E-state index is 12.4. The molecule has 0 bridgehead atoms. The van der Waals surface area contributed by atoms with Crippen molar-refractivity contribution in [3.05, 3.63) is 0 Å². The van der Waals surface area contributed by atoms with Crippen LogP contribution >= 0.6 is 7.82 Å². The standard InChI is InChI=1S/C30H60NO8P/c1-6-8-10-11-12-13-14-15-16-17-18-19-20-21-23-30(33)39-28(26-36-29(32)22-9-7-2)27-38-40(34,35)37-25-24-31(3,4)5/h28H,6-27H2,1-5H3/p+1. The van der Waals surface area contributed by atoms with Gasteiger partial charge in [-0.2, -0.15) is 0 Å². The first-order valence-corrected chi connectivity index (χ1v) is 17.3. The molecule has 0 spiro atoms. The molecule has 2 unspecified atom stereocenters. The Bertz CT molecular complexity index is 683. The number of phosphoric ester groups is 1. The van der Waals surface area contributed by atoms with Crippen molar-refractivity contribution in [1.82, 2.24) is 0 Å². The highest BCUT2D eigenvalue weighted by molar-refractivity contribution is 7.47. The highest BCUT2D eigenvalue weighted by atomic mass is 31.2. The summed E-state index contributed by atoms with van der Waals surface area (Å²) in [4.78, 5) is 34.3. The molecule has 0 amide bonds. The summed E-state index contributed by atoms with van der Waals surface area (Å²) in [6.07, 6.45) is 18.3. The lowest BCUT2D eigenvalue weighted by Gasteiger charge is -2.24. The van der Waals surface area contributed by atoms with E-state index in [0.29, 0.717) is 23.9 Å². The van der Waals surface area contributed by atoms with Gasteiger partial charge in [0.25, 0.3) is 0 Å². The van der Waals surface area contributed by atoms with Gasteiger partial charge >= 0.3 is 19.8 Å². The molecule has 9 nitrogen and oxygen atoms in total. The zero-order valence-electron chi connectivity index (χ0n) is 26.3. The van der Waals surface area contributed by atoms with Crippen LogP contribution in [0.15, 0.2) is 0 Å². The second kappa shape index (κ2) is 24.6. The Labute approximate surface area is 244 Å². The van der Waals surface area contributed by atoms with Gasteiger partial charge in [0, 0.05) is 12.8 Å². The van der Waals surface area contributed by atoms with Gasteiger partial charge < -0.3 is 18.9 Å². The van der Waals surface area contributed by atoms with Crippen LogP contribution in [-0.4, -0.2) is 74.9 Å². The summed E-state index contributed by atoms with van der Waals surface area (Å²) in [5.41, 5.74) is 0. The Kier molecular flexibility index (Phi) is 24.0. The number of carbonyl (C=O) groups excluding carboxylic acids is 2. The molecule has 0 saturated heterocycles. The van der Waals surface area contributed by atoms with Crippen LogP contribution in [0.5, 0.6) is 0 Å². The van der Waals surface area contributed by atoms with Crippen LogP contribution in [0.1, 0.15) is 129 Å². The van der Waals surface area contributed by atoms with Gasteiger partial charge in [-0.15, -0.1) is 0 Å². The first-order chi connectivity index (χ1) is 19.0. The Morgan fingerprint density at radius 3 is 1.65 bits per heavy atom. The number of hydrogen-bond donors (Lipinski definition) is 1. The average molecular weight is 595 g/mol. The molecule has 0 aromatic carbocycles. The van der Waals surface area contributed by atoms with E-state index >= 15 is 0 Å². The largest absolute Gasteiger partial charge is 0.472 e. The first kappa shape index (κ1) is 39.0. The van der Waals surface area contributed by atoms with Crippen molar-refractivity contribution in [3.8, 4) is 0 Å². The summed E-state index contributed by atoms with van der Waals surface area (Å²) in [5, 5.41) is 0. The monoisotopic (exact) mass is 594 g/mol. The van der Waals surface area contributed by atoms with Gasteiger partial charge in [-0.05, 0) is 12.8 Å². The number of unbranched alkanes of at least 4 members (excludes halogenated alkanes) is 14. The predicted molar refractivity (Wildman–Crippen MR) is 160 cm³/mol. The zero-order chi connectivity index (χ0) is 30.1. The molecule has 0 fully saturated rings. The van der Waals surface area contributed by atoms with Gasteiger partial charge in [0.1, 0.15) is 19.8 Å². The molecule has 0 heterocycles. The van der Waals surface area contributed by atoms with E-state index in [-0.39, 0.29) is 26.1 Å². The Morgan fingerprint density at radius 1 is 0.675 bits per heavy atom. The van der Waals surface area contributed by atoms with Crippen LogP contribution < -0.4 is 0 Å². The van der Waals surface area contributed by atoms with E-state index in [1.807, 2.05) is 28.1 Å². The summed E-state index contributed by atoms with van der Waals surface area (Å²) in [7, 11) is 1.48. The van der Waals surface area contributed by atoms with Crippen molar-refractivity contribution >= 4 is 19.8 Å². The summed E-state index contributed by atoms with van der Waals surface area (Å²) in [5.74, 6) is -0.836. The molecule has 0 aromatic heterocycles. The Balaban J connectivity index is 4.25. The Morgan fingerprint density at radius 2 is 1.15 bits per heavy atom. The molecule has 2 atom stereocenters. The van der Waals surface area contributed by atoms with Crippen molar-refractivity contribution < 1.29 is 42.1 Å². The van der Waals surface area contributed by atoms with Gasteiger partial charge in [0.2, 0.25) is 0 Å². The number of likely N-dealkylation sites (N-methyl/N-ethyl adjacent to an activating group) is 1. The topological polar surface area (TPSA) is 108 Å². The third-order valence-corrected chi connectivity index (χ3v) is 7.62. The van der Waals surface area contributed by atoms with Gasteiger partial charge in [-0.3, -0.25) is 18.6 Å². The second-order valence-electron chi connectivity index (χ2n) is 11.9. The summed E-state index contributed by atoms with van der Waals surface area (Å²) < 4.78 is 33.5. The molecule has 0 radical (unpaired) electrons. The Hall–Kier alpha value is -0.990. The molecule has 0 aromatic rings. The quantitative estimate of drug-likeness (QED) is 0.0434. The SMILES string of the molecule is CCCCCCCCCCCCCCCCC(=O)OC(COC(=O)CCCC)COP(=O)(O)OCC[N+](C)(C)C. The fourth-order valence-corrected chi connectivity index (χ4v) is 4.79. The maximum Gasteiger partial charge on any atom is 0.472 e. The smallest absolute Gasteiger partial charge is 0.462 e. The van der Waals surface area contributed by atoms with Crippen LogP contribution in [0, 0.1) is 0 Å². The minimum atomic E-state index is -4.34. The number of carbonyl (C=O) groups is 2. The van der Waals surface area contributed by atoms with Crippen molar-refractivity contribution in [2.75, 3.05) is 47.5 Å². The third kappa shape index (κ3) is 27.2. The lowest BCUT2D eigenvalue weighted by Crippen LogP contribution is -2.37. The second-order valence-corrected chi connectivity index (χ2v) is 13.3. The van der Waals surface area contributed by atoms with Gasteiger partial charge in [-0.25, -0.2) is 4.57 Å². The van der Waals surface area contributed by atoms with Crippen molar-refractivity contribution in [2.45, 2.75) is 136 Å². The molecule has 10 heteroatoms. The van der Waals surface area contributed by atoms with E-state index in [4.69, 9.17) is 18.5 Å². The number of quaternary nitrogens is 1. The van der Waals surface area contributed by atoms with Crippen molar-refractivity contribution in [1.29, 1.82) is 0 Å². The summed E-state index contributed by atoms with van der Waals surface area (Å²) in [6.45, 7) is 4.14. The number of esters is 2. The molecule has 0 saturated carbocycles. The van der Waals surface area contributed by atoms with E-state index in [1.54, 1.807) is 0 Å². The highest BCUT2D eigenvalue weighted by Gasteiger charge is 2.27. The summed E-state index contributed by atoms with van der Waals surface area (Å²) in [6, 6.07) is 0. The van der Waals surface area contributed by atoms with E-state index in [0.717, 1.165) is 19.3 Å². The van der Waals surface area contributed by atoms with Crippen LogP contribution in [-0.2, 0) is 32.7 Å². The van der Waals surface area contributed by atoms with E-state index in [1.165, 1.54) is 70.6 Å². The highest BCUT2D eigenvalue weighted by Crippen LogP contribution is 2.43. The maximum atomic E-state index is 12.4. The van der Waals surface area contributed by atoms with Crippen molar-refractivity contribution in [2.24, 2.45) is 0 Å². The number of hydrogen-bond acceptors (Lipinski definition) is 7. The molecular weight excluding hydrogens is 533 g/mol. The number of rotatable bonds is 28. The minimum absolute atomic E-state index is 0.0346. The van der Waals surface area contributed by atoms with Crippen LogP contribution in [0.3, 0.4) is 0 Å². The fourth-order valence-electron chi connectivity index (χ4n) is 4.05. The zero-order valence-corrected chi connectivity index (χ0v) is 27.2. The number of ether oxygens (including phenoxy) is 2. The molecule has 0 aliphatic rings. The molecule has 0 aliphatic heterocycles. The first-order valence-electron chi connectivity index (χ1n) is 15.8. The van der Waals surface area contributed by atoms with Gasteiger partial charge in [0.05, 0.1) is 27.7 Å². The van der Waals surface area contributed by atoms with E-state index in [9.17, 15) is 19.0 Å². The lowest BCUT2D eigenvalue weighted by atomic mass is 10.0. The molecule has 238 valence electrons. The van der Waals surface area contributed by atoms with Gasteiger partial charge in [-0.1, -0.05) is 104 Å². The molecule has 1 N–H and O–H groups in total. The van der Waals surface area contributed by atoms with Crippen molar-refractivity contribution in [3.63, 3.8) is 0 Å². The van der Waals surface area contributed by atoms with E-state index < -0.39 is 32.5 Å². The molecule has 0 rings (SSSR count). The predicted octanol–water partition coefficient (Wildman–Crippen LogP) is 7.34. The van der Waals surface area contributed by atoms with E-state index in [2.05, 4.69) is 6.92 Å². The lowest BCUT2D eigenvalue weighted by molar-refractivity contribution is -0.870. The molecule has 40 heavy (non-hydrogen) atoms. The van der Waals surface area contributed by atoms with Crippen LogP contribution in [0.25, 0.3) is 0 Å². The van der Waals surface area contributed by atoms with Crippen LogP contribution in [0.2, 0.25) is 0 Å². The van der Waals surface area contributed by atoms with Gasteiger partial charge in [0.15, 0.2) is 6.10 Å². The third-order valence-electron chi connectivity index (χ3n) is 6.64. The molecular formula is C30H61NO8P+. The fraction of sp³-hybridized carbons (Fsp3) is 0.933. The average Bonchev–Trinajstić information content (AvgIpc) is 2.88. The summed E-state index contributed by atoms with van der Waals surface area (Å²) >= 11 is 0. The normalized spacial score (nSPS) is 14.1.